The summed E-state index contributed by atoms with van der Waals surface area (Å²) in [7, 11) is -2.27. The lowest BCUT2D eigenvalue weighted by atomic mass is 10.0. The normalized spacial score (nSPS) is 18.3. The highest BCUT2D eigenvalue weighted by atomic mass is 32.2. The number of likely N-dealkylation sites (N-methyl/N-ethyl adjacent to an activating group) is 1. The van der Waals surface area contributed by atoms with Crippen molar-refractivity contribution in [3.05, 3.63) is 89.5 Å². The maximum Gasteiger partial charge on any atom is 0.242 e. The van der Waals surface area contributed by atoms with Crippen molar-refractivity contribution in [3.8, 4) is 5.75 Å². The number of nitrogens with one attached hydrogen (secondary N) is 1. The fraction of sp³-hybridized carbons (Fsp3) is 0.375. The van der Waals surface area contributed by atoms with Crippen molar-refractivity contribution >= 4 is 27.5 Å². The van der Waals surface area contributed by atoms with Gasteiger partial charge in [0.2, 0.25) is 21.8 Å². The van der Waals surface area contributed by atoms with E-state index in [2.05, 4.69) is 5.32 Å². The van der Waals surface area contributed by atoms with Gasteiger partial charge in [0.05, 0.1) is 36.9 Å². The second kappa shape index (κ2) is 13.5. The van der Waals surface area contributed by atoms with Gasteiger partial charge in [0.15, 0.2) is 0 Å². The molecule has 0 aromatic heterocycles. The zero-order chi connectivity index (χ0) is 30.4. The monoisotopic (exact) mass is 593 g/mol. The number of nitrogens with zero attached hydrogens (tertiary/aromatic N) is 2. The van der Waals surface area contributed by atoms with Crippen LogP contribution in [-0.2, 0) is 32.5 Å². The van der Waals surface area contributed by atoms with Crippen molar-refractivity contribution in [1.82, 2.24) is 9.21 Å². The Balaban J connectivity index is 1.62. The van der Waals surface area contributed by atoms with E-state index < -0.39 is 22.2 Å². The average Bonchev–Trinajstić information content (AvgIpc) is 3.00. The van der Waals surface area contributed by atoms with Crippen molar-refractivity contribution < 1.29 is 27.9 Å². The van der Waals surface area contributed by atoms with Crippen LogP contribution in [0.2, 0.25) is 0 Å². The lowest BCUT2D eigenvalue weighted by molar-refractivity contribution is -0.134. The molecule has 0 radical (unpaired) electrons. The molecule has 10 heteroatoms. The maximum absolute atomic E-state index is 13.5. The first-order valence-electron chi connectivity index (χ1n) is 14.0. The van der Waals surface area contributed by atoms with E-state index in [0.29, 0.717) is 17.0 Å². The molecule has 2 amide bonds. The summed E-state index contributed by atoms with van der Waals surface area (Å²) in [6.07, 6.45) is -0.401. The number of amides is 2. The number of carbonyl (C=O) groups excluding carboxylic acids is 2. The van der Waals surface area contributed by atoms with Gasteiger partial charge in [0.25, 0.3) is 0 Å². The van der Waals surface area contributed by atoms with Crippen LogP contribution in [0.4, 0.5) is 5.69 Å². The van der Waals surface area contributed by atoms with E-state index in [1.165, 1.54) is 11.4 Å². The zero-order valence-corrected chi connectivity index (χ0v) is 25.3. The first kappa shape index (κ1) is 31.2. The second-order valence-electron chi connectivity index (χ2n) is 11.0. The Morgan fingerprint density at radius 2 is 1.81 bits per heavy atom. The first-order valence-corrected chi connectivity index (χ1v) is 15.5. The Kier molecular flexibility index (Phi) is 10.0. The number of carbonyl (C=O) groups is 2. The van der Waals surface area contributed by atoms with Crippen molar-refractivity contribution in [2.45, 2.75) is 50.7 Å². The number of hydrogen-bond acceptors (Lipinski definition) is 6. The molecular weight excluding hydrogens is 554 g/mol. The topological polar surface area (TPSA) is 116 Å². The van der Waals surface area contributed by atoms with E-state index in [0.717, 1.165) is 11.1 Å². The SMILES string of the molecule is Cc1ccc(S(=O)(=O)N(C)C[C@H]2Oc3ccc(NC(=O)Cc4ccccc4)cc3CC(=O)N([C@H](C)CO)C[C@@H]2C)cc1. The van der Waals surface area contributed by atoms with Crippen LogP contribution in [0.1, 0.15) is 30.5 Å². The molecule has 0 spiro atoms. The second-order valence-corrected chi connectivity index (χ2v) is 13.1. The third kappa shape index (κ3) is 7.56. The van der Waals surface area contributed by atoms with Gasteiger partial charge in [0, 0.05) is 30.8 Å². The number of benzene rings is 3. The number of hydrogen-bond donors (Lipinski definition) is 2. The van der Waals surface area contributed by atoms with Crippen LogP contribution in [-0.4, -0.2) is 73.4 Å². The molecule has 1 aliphatic heterocycles. The molecular formula is C32H39N3O6S. The highest BCUT2D eigenvalue weighted by molar-refractivity contribution is 7.89. The van der Waals surface area contributed by atoms with Crippen LogP contribution < -0.4 is 10.1 Å². The van der Waals surface area contributed by atoms with Gasteiger partial charge in [0.1, 0.15) is 11.9 Å². The highest BCUT2D eigenvalue weighted by Crippen LogP contribution is 2.30. The molecule has 0 fully saturated rings. The molecule has 0 saturated heterocycles. The Morgan fingerprint density at radius 3 is 2.48 bits per heavy atom. The summed E-state index contributed by atoms with van der Waals surface area (Å²) in [6.45, 7) is 5.68. The summed E-state index contributed by atoms with van der Waals surface area (Å²) >= 11 is 0. The summed E-state index contributed by atoms with van der Waals surface area (Å²) in [4.78, 5) is 28.0. The number of fused-ring (bicyclic) bond motifs is 1. The minimum Gasteiger partial charge on any atom is -0.488 e. The van der Waals surface area contributed by atoms with Crippen LogP contribution >= 0.6 is 0 Å². The zero-order valence-electron chi connectivity index (χ0n) is 24.5. The predicted molar refractivity (Wildman–Crippen MR) is 162 cm³/mol. The van der Waals surface area contributed by atoms with Crippen molar-refractivity contribution in [1.29, 1.82) is 0 Å². The minimum atomic E-state index is -3.79. The van der Waals surface area contributed by atoms with Gasteiger partial charge in [-0.15, -0.1) is 0 Å². The Labute approximate surface area is 248 Å². The fourth-order valence-corrected chi connectivity index (χ4v) is 6.14. The lowest BCUT2D eigenvalue weighted by Gasteiger charge is -2.33. The maximum atomic E-state index is 13.5. The van der Waals surface area contributed by atoms with E-state index >= 15 is 0 Å². The third-order valence-corrected chi connectivity index (χ3v) is 9.41. The summed E-state index contributed by atoms with van der Waals surface area (Å²) in [6, 6.07) is 20.8. The molecule has 3 aromatic rings. The van der Waals surface area contributed by atoms with Crippen molar-refractivity contribution in [3.63, 3.8) is 0 Å². The lowest BCUT2D eigenvalue weighted by Crippen LogP contribution is -2.48. The first-order chi connectivity index (χ1) is 20.0. The number of ether oxygens (including phenoxy) is 1. The van der Waals surface area contributed by atoms with Gasteiger partial charge in [-0.1, -0.05) is 55.0 Å². The molecule has 9 nitrogen and oxygen atoms in total. The van der Waals surface area contributed by atoms with Crippen molar-refractivity contribution in [2.75, 3.05) is 32.1 Å². The van der Waals surface area contributed by atoms with Crippen LogP contribution in [0.3, 0.4) is 0 Å². The number of aliphatic hydroxyl groups is 1. The van der Waals surface area contributed by atoms with Crippen LogP contribution in [0, 0.1) is 12.8 Å². The highest BCUT2D eigenvalue weighted by Gasteiger charge is 2.33. The number of rotatable bonds is 9. The van der Waals surface area contributed by atoms with Crippen molar-refractivity contribution in [2.24, 2.45) is 5.92 Å². The molecule has 3 aromatic carbocycles. The molecule has 3 atom stereocenters. The minimum absolute atomic E-state index is 0.000979. The molecule has 0 aliphatic carbocycles. The molecule has 1 aliphatic rings. The van der Waals surface area contributed by atoms with E-state index in [1.54, 1.807) is 54.3 Å². The Hall–Kier alpha value is -3.73. The van der Waals surface area contributed by atoms with Crippen LogP contribution in [0.5, 0.6) is 5.75 Å². The van der Waals surface area contributed by atoms with Gasteiger partial charge in [-0.3, -0.25) is 9.59 Å². The summed E-state index contributed by atoms with van der Waals surface area (Å²) in [5.74, 6) is -0.209. The summed E-state index contributed by atoms with van der Waals surface area (Å²) in [5.41, 5.74) is 2.93. The number of aliphatic hydroxyl groups excluding tert-OH is 1. The standard InChI is InChI=1S/C32H39N3O6S/c1-22-10-13-28(14-11-22)42(39,40)34(4)20-30-23(2)19-35(24(3)21-36)32(38)18-26-17-27(12-15-29(26)41-30)33-31(37)16-25-8-6-5-7-9-25/h5-15,17,23-24,30,36H,16,18-21H2,1-4H3,(H,33,37)/t23-,24+,30+/m0/s1. The quantitative estimate of drug-likeness (QED) is 0.391. The van der Waals surface area contributed by atoms with Crippen LogP contribution in [0.25, 0.3) is 0 Å². The van der Waals surface area contributed by atoms with Crippen LogP contribution in [0.15, 0.2) is 77.7 Å². The van der Waals surface area contributed by atoms with Gasteiger partial charge >= 0.3 is 0 Å². The summed E-state index contributed by atoms with van der Waals surface area (Å²) in [5, 5.41) is 12.8. The average molecular weight is 594 g/mol. The van der Waals surface area contributed by atoms with Gasteiger partial charge in [-0.2, -0.15) is 4.31 Å². The predicted octanol–water partition coefficient (Wildman–Crippen LogP) is 3.65. The van der Waals surface area contributed by atoms with E-state index in [-0.39, 0.29) is 55.2 Å². The smallest absolute Gasteiger partial charge is 0.242 e. The molecule has 0 bridgehead atoms. The van der Waals surface area contributed by atoms with E-state index in [4.69, 9.17) is 4.74 Å². The number of aryl methyl sites for hydroxylation is 1. The molecule has 42 heavy (non-hydrogen) atoms. The largest absolute Gasteiger partial charge is 0.488 e. The number of anilines is 1. The Bertz CT molecular complexity index is 1490. The van der Waals surface area contributed by atoms with Gasteiger partial charge < -0.3 is 20.1 Å². The molecule has 4 rings (SSSR count). The fourth-order valence-electron chi connectivity index (χ4n) is 4.95. The van der Waals surface area contributed by atoms with Gasteiger partial charge in [-0.25, -0.2) is 8.42 Å². The van der Waals surface area contributed by atoms with E-state index in [1.807, 2.05) is 44.2 Å². The molecule has 0 saturated carbocycles. The molecule has 2 N–H and O–H groups in total. The third-order valence-electron chi connectivity index (χ3n) is 7.57. The molecule has 1 heterocycles. The molecule has 224 valence electrons. The summed E-state index contributed by atoms with van der Waals surface area (Å²) < 4.78 is 34.5. The van der Waals surface area contributed by atoms with Gasteiger partial charge in [-0.05, 0) is 49.7 Å². The molecule has 0 unspecified atom stereocenters. The Morgan fingerprint density at radius 1 is 1.12 bits per heavy atom. The number of sulfonamides is 1. The van der Waals surface area contributed by atoms with E-state index in [9.17, 15) is 23.1 Å².